The molecule has 0 aliphatic carbocycles. The van der Waals surface area contributed by atoms with E-state index in [-0.39, 0.29) is 5.75 Å². The second-order valence-corrected chi connectivity index (χ2v) is 6.17. The fraction of sp³-hybridized carbons (Fsp3) is 0.286. The van der Waals surface area contributed by atoms with Crippen LogP contribution in [0.4, 0.5) is 0 Å². The monoisotopic (exact) mass is 250 g/mol. The predicted molar refractivity (Wildman–Crippen MR) is 72.6 cm³/mol. The molecule has 0 amide bonds. The molecule has 1 aromatic carbocycles. The van der Waals surface area contributed by atoms with Gasteiger partial charge in [0.25, 0.3) is 0 Å². The number of benzene rings is 1. The van der Waals surface area contributed by atoms with Gasteiger partial charge in [-0.25, -0.2) is 8.42 Å². The zero-order valence-corrected chi connectivity index (χ0v) is 10.7. The topological polar surface area (TPSA) is 34.1 Å². The van der Waals surface area contributed by atoms with Crippen LogP contribution in [0, 0.1) is 0 Å². The molecule has 0 radical (unpaired) electrons. The molecule has 0 N–H and O–H groups in total. The number of hydrogen-bond donors (Lipinski definition) is 0. The van der Waals surface area contributed by atoms with Gasteiger partial charge in [0.05, 0.1) is 11.0 Å². The fourth-order valence-corrected chi connectivity index (χ4v) is 3.48. The number of hydrogen-bond acceptors (Lipinski definition) is 2. The van der Waals surface area contributed by atoms with Crippen LogP contribution in [0.2, 0.25) is 0 Å². The first-order chi connectivity index (χ1) is 8.11. The van der Waals surface area contributed by atoms with Crippen LogP contribution in [0.5, 0.6) is 0 Å². The normalized spacial score (nSPS) is 12.9. The Morgan fingerprint density at radius 2 is 1.76 bits per heavy atom. The van der Waals surface area contributed by atoms with Crippen LogP contribution in [0.25, 0.3) is 0 Å². The zero-order valence-electron chi connectivity index (χ0n) is 9.88. The van der Waals surface area contributed by atoms with Crippen molar-refractivity contribution in [2.24, 2.45) is 0 Å². The molecule has 0 aliphatic rings. The average Bonchev–Trinajstić information content (AvgIpc) is 2.34. The second kappa shape index (κ2) is 6.40. The molecule has 0 fully saturated rings. The average molecular weight is 250 g/mol. The molecular formula is C14H18O2S. The van der Waals surface area contributed by atoms with E-state index in [1.165, 1.54) is 0 Å². The van der Waals surface area contributed by atoms with Gasteiger partial charge >= 0.3 is 0 Å². The molecule has 1 rings (SSSR count). The summed E-state index contributed by atoms with van der Waals surface area (Å²) in [6.45, 7) is 7.19. The summed E-state index contributed by atoms with van der Waals surface area (Å²) < 4.78 is 24.4. The van der Waals surface area contributed by atoms with Crippen molar-refractivity contribution in [3.8, 4) is 0 Å². The maximum absolute atomic E-state index is 12.2. The van der Waals surface area contributed by atoms with Gasteiger partial charge in [-0.2, -0.15) is 0 Å². The lowest BCUT2D eigenvalue weighted by Gasteiger charge is -2.16. The lowest BCUT2D eigenvalue weighted by Crippen LogP contribution is -2.16. The quantitative estimate of drug-likeness (QED) is 0.696. The molecule has 0 aliphatic heterocycles. The lowest BCUT2D eigenvalue weighted by atomic mass is 10.1. The predicted octanol–water partition coefficient (Wildman–Crippen LogP) is 3.29. The van der Waals surface area contributed by atoms with Gasteiger partial charge in [-0.05, 0) is 18.4 Å². The van der Waals surface area contributed by atoms with Crippen molar-refractivity contribution in [3.05, 3.63) is 61.2 Å². The van der Waals surface area contributed by atoms with Crippen molar-refractivity contribution in [2.75, 3.05) is 5.75 Å². The van der Waals surface area contributed by atoms with Crippen molar-refractivity contribution in [3.63, 3.8) is 0 Å². The number of allylic oxidation sites excluding steroid dienone is 2. The van der Waals surface area contributed by atoms with Crippen LogP contribution in [-0.2, 0) is 9.84 Å². The molecule has 0 aromatic heterocycles. The summed E-state index contributed by atoms with van der Waals surface area (Å²) in [5.74, 6) is 0.143. The van der Waals surface area contributed by atoms with E-state index in [4.69, 9.17) is 0 Å². The highest BCUT2D eigenvalue weighted by atomic mass is 32.2. The van der Waals surface area contributed by atoms with Gasteiger partial charge in [0.15, 0.2) is 9.84 Å². The zero-order chi connectivity index (χ0) is 12.7. The van der Waals surface area contributed by atoms with E-state index < -0.39 is 15.1 Å². The summed E-state index contributed by atoms with van der Waals surface area (Å²) in [6, 6.07) is 9.28. The third-order valence-corrected chi connectivity index (χ3v) is 4.73. The van der Waals surface area contributed by atoms with Crippen LogP contribution in [-0.4, -0.2) is 14.2 Å². The molecule has 0 heterocycles. The van der Waals surface area contributed by atoms with E-state index in [0.717, 1.165) is 5.56 Å². The molecule has 2 nitrogen and oxygen atoms in total. The van der Waals surface area contributed by atoms with E-state index in [1.54, 1.807) is 12.2 Å². The molecule has 1 unspecified atom stereocenters. The number of sulfone groups is 1. The summed E-state index contributed by atoms with van der Waals surface area (Å²) >= 11 is 0. The fourth-order valence-electron chi connectivity index (χ4n) is 1.70. The van der Waals surface area contributed by atoms with Crippen LogP contribution < -0.4 is 0 Å². The van der Waals surface area contributed by atoms with Crippen LogP contribution >= 0.6 is 0 Å². The molecule has 0 spiro atoms. The van der Waals surface area contributed by atoms with Crippen molar-refractivity contribution < 1.29 is 8.42 Å². The van der Waals surface area contributed by atoms with Gasteiger partial charge in [0.2, 0.25) is 0 Å². The highest BCUT2D eigenvalue weighted by Crippen LogP contribution is 2.27. The van der Waals surface area contributed by atoms with Crippen LogP contribution in [0.3, 0.4) is 0 Å². The summed E-state index contributed by atoms with van der Waals surface area (Å²) in [6.07, 6.45) is 4.23. The van der Waals surface area contributed by atoms with Crippen molar-refractivity contribution in [1.82, 2.24) is 0 Å². The Balaban J connectivity index is 3.01. The minimum Gasteiger partial charge on any atom is -0.228 e. The van der Waals surface area contributed by atoms with Gasteiger partial charge in [0.1, 0.15) is 0 Å². The first kappa shape index (κ1) is 13.7. The molecule has 1 atom stereocenters. The summed E-state index contributed by atoms with van der Waals surface area (Å²) in [5, 5.41) is -0.485. The van der Waals surface area contributed by atoms with Crippen molar-refractivity contribution in [1.29, 1.82) is 0 Å². The summed E-state index contributed by atoms with van der Waals surface area (Å²) in [5.41, 5.74) is 0.830. The smallest absolute Gasteiger partial charge is 0.157 e. The highest BCUT2D eigenvalue weighted by Gasteiger charge is 2.24. The molecule has 92 valence electrons. The van der Waals surface area contributed by atoms with Crippen molar-refractivity contribution in [2.45, 2.75) is 18.1 Å². The highest BCUT2D eigenvalue weighted by molar-refractivity contribution is 7.91. The van der Waals surface area contributed by atoms with Crippen molar-refractivity contribution >= 4 is 9.84 Å². The Bertz CT molecular complexity index is 460. The molecule has 0 saturated heterocycles. The molecule has 17 heavy (non-hydrogen) atoms. The van der Waals surface area contributed by atoms with Gasteiger partial charge < -0.3 is 0 Å². The van der Waals surface area contributed by atoms with Gasteiger partial charge in [-0.15, -0.1) is 13.2 Å². The Hall–Kier alpha value is -1.35. The largest absolute Gasteiger partial charge is 0.228 e. The van der Waals surface area contributed by atoms with E-state index in [9.17, 15) is 8.42 Å². The van der Waals surface area contributed by atoms with E-state index in [0.29, 0.717) is 12.8 Å². The van der Waals surface area contributed by atoms with E-state index >= 15 is 0 Å². The number of rotatable bonds is 7. The van der Waals surface area contributed by atoms with Crippen LogP contribution in [0.15, 0.2) is 55.6 Å². The van der Waals surface area contributed by atoms with Crippen LogP contribution in [0.1, 0.15) is 23.7 Å². The maximum Gasteiger partial charge on any atom is 0.157 e. The molecule has 0 saturated carbocycles. The molecule has 0 bridgehead atoms. The van der Waals surface area contributed by atoms with E-state index in [1.807, 2.05) is 30.3 Å². The minimum absolute atomic E-state index is 0.143. The Morgan fingerprint density at radius 1 is 1.12 bits per heavy atom. The van der Waals surface area contributed by atoms with Gasteiger partial charge in [-0.3, -0.25) is 0 Å². The summed E-state index contributed by atoms with van der Waals surface area (Å²) in [4.78, 5) is 0. The Labute approximate surface area is 104 Å². The van der Waals surface area contributed by atoms with Gasteiger partial charge in [0, 0.05) is 0 Å². The minimum atomic E-state index is -3.14. The SMILES string of the molecule is C=CCCS(=O)(=O)C(CC=C)c1ccccc1. The summed E-state index contributed by atoms with van der Waals surface area (Å²) in [7, 11) is -3.14. The maximum atomic E-state index is 12.2. The molecular weight excluding hydrogens is 232 g/mol. The van der Waals surface area contributed by atoms with E-state index in [2.05, 4.69) is 13.2 Å². The first-order valence-electron chi connectivity index (χ1n) is 5.60. The molecule has 1 aromatic rings. The third kappa shape index (κ3) is 3.86. The first-order valence-corrected chi connectivity index (χ1v) is 7.31. The van der Waals surface area contributed by atoms with Gasteiger partial charge in [-0.1, -0.05) is 42.5 Å². The lowest BCUT2D eigenvalue weighted by molar-refractivity contribution is 0.582. The Morgan fingerprint density at radius 3 is 2.29 bits per heavy atom. The third-order valence-electron chi connectivity index (χ3n) is 2.59. The Kier molecular flexibility index (Phi) is 5.16. The molecule has 3 heteroatoms. The second-order valence-electron chi connectivity index (χ2n) is 3.87. The standard InChI is InChI=1S/C14H18O2S/c1-3-5-12-17(15,16)14(9-4-2)13-10-7-6-8-11-13/h3-4,6-8,10-11,14H,1-2,5,9,12H2.